The van der Waals surface area contributed by atoms with Crippen molar-refractivity contribution in [1.29, 1.82) is 0 Å². The molecule has 2 bridgehead atoms. The maximum atomic E-state index is 13.5. The van der Waals surface area contributed by atoms with Crippen LogP contribution in [0.5, 0.6) is 0 Å². The summed E-state index contributed by atoms with van der Waals surface area (Å²) in [4.78, 5) is 30.9. The molecule has 3 saturated carbocycles. The number of methoxy groups -OCH3 is 1. The molecule has 0 amide bonds. The number of aromatic nitrogens is 3. The van der Waals surface area contributed by atoms with E-state index < -0.39 is 34.2 Å². The maximum Gasteiger partial charge on any atom is 0.375 e. The summed E-state index contributed by atoms with van der Waals surface area (Å²) < 4.78 is 20.6. The third-order valence-corrected chi connectivity index (χ3v) is 16.2. The topological polar surface area (TPSA) is 139 Å². The predicted molar refractivity (Wildman–Crippen MR) is 191 cm³/mol. The van der Waals surface area contributed by atoms with E-state index in [1.165, 1.54) is 19.0 Å². The van der Waals surface area contributed by atoms with Crippen LogP contribution in [0.4, 0.5) is 0 Å². The molecule has 0 unspecified atom stereocenters. The Morgan fingerprint density at radius 1 is 1.10 bits per heavy atom. The summed E-state index contributed by atoms with van der Waals surface area (Å²) in [6.07, 6.45) is 8.86. The highest BCUT2D eigenvalue weighted by molar-refractivity contribution is 5.85. The minimum atomic E-state index is -0.654. The number of allylic oxidation sites excluding steroid dienone is 1. The molecule has 4 aliphatic carbocycles. The van der Waals surface area contributed by atoms with E-state index >= 15 is 0 Å². The normalized spacial score (nSPS) is 42.8. The molecule has 10 nitrogen and oxygen atoms in total. The number of nitrogens with two attached hydrogens (primary N) is 1. The van der Waals surface area contributed by atoms with Gasteiger partial charge in [0.15, 0.2) is 0 Å². The molecule has 0 radical (unpaired) electrons. The Morgan fingerprint density at radius 3 is 2.42 bits per heavy atom. The molecule has 10 heteroatoms. The standard InChI is InChI=1S/C40H64N4O6/c1-23(2)25(5)35(6)16-17-37(8)26-12-13-29-36(7)19-49-21-40(29,27(26)14-15-38(37,9)30(35)33(45)46)18-28(31(36)50-20-39(10,41)24(3)4)44-32(34(47)48-11)42-22-43-44/h14,22-26,28-31H,12-13,15-21,41H2,1-11H3,(H,45,46)/t25-,26+,28-,29+,30-,31+,35-,36+,37-,38+,39+,40+/m1/s1. The predicted octanol–water partition coefficient (Wildman–Crippen LogP) is 6.95. The van der Waals surface area contributed by atoms with Gasteiger partial charge in [-0.25, -0.2) is 14.5 Å². The monoisotopic (exact) mass is 696 g/mol. The Balaban J connectivity index is 1.48. The molecule has 3 N–H and O–H groups in total. The number of esters is 1. The molecule has 1 aromatic rings. The van der Waals surface area contributed by atoms with Gasteiger partial charge in [0.25, 0.3) is 0 Å². The number of fused-ring (bicyclic) bond motifs is 3. The highest BCUT2D eigenvalue weighted by atomic mass is 16.5. The molecule has 0 aromatic carbocycles. The highest BCUT2D eigenvalue weighted by Gasteiger charge is 2.72. The maximum absolute atomic E-state index is 13.5. The van der Waals surface area contributed by atoms with Crippen LogP contribution in [-0.2, 0) is 19.0 Å². The number of aliphatic carboxylic acids is 1. The average Bonchev–Trinajstić information content (AvgIpc) is 3.53. The third-order valence-electron chi connectivity index (χ3n) is 16.2. The summed E-state index contributed by atoms with van der Waals surface area (Å²) in [5.74, 6) is -0.0790. The fraction of sp³-hybridized carbons (Fsp3) is 0.850. The molecule has 2 heterocycles. The molecule has 12 atom stereocenters. The van der Waals surface area contributed by atoms with Gasteiger partial charge in [-0.05, 0) is 91.3 Å². The van der Waals surface area contributed by atoms with Crippen molar-refractivity contribution in [2.24, 2.45) is 68.3 Å². The number of nitrogens with zero attached hydrogens (tertiary/aromatic N) is 3. The largest absolute Gasteiger partial charge is 0.481 e. The molecular weight excluding hydrogens is 632 g/mol. The minimum Gasteiger partial charge on any atom is -0.481 e. The van der Waals surface area contributed by atoms with Gasteiger partial charge >= 0.3 is 11.9 Å². The van der Waals surface area contributed by atoms with Gasteiger partial charge in [0, 0.05) is 16.4 Å². The van der Waals surface area contributed by atoms with E-state index in [4.69, 9.17) is 19.9 Å². The van der Waals surface area contributed by atoms with Crippen molar-refractivity contribution >= 4 is 11.9 Å². The van der Waals surface area contributed by atoms with Gasteiger partial charge in [-0.1, -0.05) is 74.0 Å². The highest BCUT2D eigenvalue weighted by Crippen LogP contribution is 2.75. The van der Waals surface area contributed by atoms with Crippen molar-refractivity contribution in [3.63, 3.8) is 0 Å². The minimum absolute atomic E-state index is 0.169. The number of carboxylic acid groups (broad SMARTS) is 1. The second-order valence-corrected chi connectivity index (χ2v) is 19.0. The van der Waals surface area contributed by atoms with Gasteiger partial charge in [-0.3, -0.25) is 4.79 Å². The first kappa shape index (κ1) is 37.5. The van der Waals surface area contributed by atoms with E-state index in [1.54, 1.807) is 4.68 Å². The fourth-order valence-corrected chi connectivity index (χ4v) is 12.3. The SMILES string of the molecule is COC(=O)c1ncnn1[C@@H]1C[C@@]23COC[C@@](C)([C@@H]2CC[C@H]2C3=CC[C@@]3(C)[C@H](C(=O)O)[C@@](C)([C@H](C)C(C)C)CC[C@]23C)[C@H]1OC[C@](C)(N)C(C)C. The summed E-state index contributed by atoms with van der Waals surface area (Å²) in [5, 5.41) is 15.7. The molecule has 1 aliphatic heterocycles. The lowest BCUT2D eigenvalue weighted by atomic mass is 9.34. The van der Waals surface area contributed by atoms with Crippen molar-refractivity contribution in [2.75, 3.05) is 26.9 Å². The first-order valence-corrected chi connectivity index (χ1v) is 19.1. The van der Waals surface area contributed by atoms with Gasteiger partial charge < -0.3 is 25.1 Å². The van der Waals surface area contributed by atoms with Gasteiger partial charge in [0.2, 0.25) is 5.82 Å². The molecule has 0 spiro atoms. The number of carbonyl (C=O) groups is 2. The number of ether oxygens (including phenoxy) is 3. The van der Waals surface area contributed by atoms with Crippen LogP contribution in [0.25, 0.3) is 0 Å². The molecule has 6 rings (SSSR count). The molecule has 5 aliphatic rings. The summed E-state index contributed by atoms with van der Waals surface area (Å²) in [7, 11) is 1.37. The van der Waals surface area contributed by atoms with E-state index in [1.807, 2.05) is 6.92 Å². The second-order valence-electron chi connectivity index (χ2n) is 19.0. The van der Waals surface area contributed by atoms with E-state index in [9.17, 15) is 14.7 Å². The van der Waals surface area contributed by atoms with Crippen LogP contribution in [0.15, 0.2) is 18.0 Å². The lowest BCUT2D eigenvalue weighted by Crippen LogP contribution is -2.69. The first-order valence-electron chi connectivity index (χ1n) is 19.1. The zero-order valence-corrected chi connectivity index (χ0v) is 32.5. The van der Waals surface area contributed by atoms with Crippen LogP contribution in [0.1, 0.15) is 124 Å². The van der Waals surface area contributed by atoms with Crippen molar-refractivity contribution in [3.05, 3.63) is 23.8 Å². The van der Waals surface area contributed by atoms with Crippen LogP contribution in [0, 0.1) is 62.6 Å². The van der Waals surface area contributed by atoms with Gasteiger partial charge in [-0.15, -0.1) is 0 Å². The Labute approximate surface area is 299 Å². The summed E-state index contributed by atoms with van der Waals surface area (Å²) >= 11 is 0. The average molecular weight is 697 g/mol. The molecule has 50 heavy (non-hydrogen) atoms. The van der Waals surface area contributed by atoms with E-state index in [0.29, 0.717) is 32.2 Å². The number of carboxylic acids is 1. The Kier molecular flexibility index (Phi) is 9.29. The first-order chi connectivity index (χ1) is 23.2. The van der Waals surface area contributed by atoms with Crippen molar-refractivity contribution in [2.45, 2.75) is 125 Å². The second kappa shape index (κ2) is 12.4. The summed E-state index contributed by atoms with van der Waals surface area (Å²) in [6, 6.07) is -0.311. The van der Waals surface area contributed by atoms with Gasteiger partial charge in [0.1, 0.15) is 6.33 Å². The zero-order chi connectivity index (χ0) is 36.8. The number of hydrogen-bond acceptors (Lipinski definition) is 8. The van der Waals surface area contributed by atoms with Crippen molar-refractivity contribution in [3.8, 4) is 0 Å². The smallest absolute Gasteiger partial charge is 0.375 e. The van der Waals surface area contributed by atoms with E-state index in [-0.39, 0.29) is 57.9 Å². The van der Waals surface area contributed by atoms with E-state index in [0.717, 1.165) is 32.1 Å². The Hall–Kier alpha value is -2.30. The molecule has 280 valence electrons. The molecule has 1 aromatic heterocycles. The lowest BCUT2D eigenvalue weighted by molar-refractivity contribution is -0.252. The van der Waals surface area contributed by atoms with Crippen LogP contribution in [0.2, 0.25) is 0 Å². The number of carbonyl (C=O) groups excluding carboxylic acids is 1. The van der Waals surface area contributed by atoms with Gasteiger partial charge in [0.05, 0.1) is 45.0 Å². The van der Waals surface area contributed by atoms with Crippen LogP contribution >= 0.6 is 0 Å². The molecular formula is C40H64N4O6. The molecule has 1 saturated heterocycles. The lowest BCUT2D eigenvalue weighted by Gasteiger charge is -2.71. The van der Waals surface area contributed by atoms with Crippen LogP contribution in [0.3, 0.4) is 0 Å². The summed E-state index contributed by atoms with van der Waals surface area (Å²) in [5.41, 5.74) is 6.04. The molecule has 4 fully saturated rings. The van der Waals surface area contributed by atoms with Crippen LogP contribution < -0.4 is 5.73 Å². The Bertz CT molecular complexity index is 1520. The van der Waals surface area contributed by atoms with Gasteiger partial charge in [-0.2, -0.15) is 5.10 Å². The Morgan fingerprint density at radius 2 is 1.80 bits per heavy atom. The van der Waals surface area contributed by atoms with E-state index in [2.05, 4.69) is 78.5 Å². The third kappa shape index (κ3) is 5.11. The fourth-order valence-electron chi connectivity index (χ4n) is 12.3. The summed E-state index contributed by atoms with van der Waals surface area (Å²) in [6.45, 7) is 23.7. The van der Waals surface area contributed by atoms with Crippen molar-refractivity contribution < 1.29 is 28.9 Å². The quantitative estimate of drug-likeness (QED) is 0.207. The van der Waals surface area contributed by atoms with Crippen LogP contribution in [-0.4, -0.2) is 70.4 Å². The van der Waals surface area contributed by atoms with Crippen molar-refractivity contribution in [1.82, 2.24) is 14.8 Å². The zero-order valence-electron chi connectivity index (χ0n) is 32.5. The number of rotatable bonds is 9. The number of hydrogen-bond donors (Lipinski definition) is 2.